The Balaban J connectivity index is 2.27. The van der Waals surface area contributed by atoms with Crippen LogP contribution in [0.25, 0.3) is 0 Å². The lowest BCUT2D eigenvalue weighted by Gasteiger charge is -2.20. The van der Waals surface area contributed by atoms with Crippen LogP contribution in [0.1, 0.15) is 30.8 Å². The fourth-order valence-corrected chi connectivity index (χ4v) is 2.71. The second-order valence-electron chi connectivity index (χ2n) is 4.68. The van der Waals surface area contributed by atoms with E-state index in [1.54, 1.807) is 11.0 Å². The monoisotopic (exact) mass is 356 g/mol. The average molecular weight is 358 g/mol. The molecule has 0 amide bonds. The Labute approximate surface area is 132 Å². The van der Waals surface area contributed by atoms with Crippen LogP contribution in [0.2, 0.25) is 5.02 Å². The van der Waals surface area contributed by atoms with Crippen molar-refractivity contribution in [3.05, 3.63) is 45.4 Å². The number of rotatable bonds is 6. The summed E-state index contributed by atoms with van der Waals surface area (Å²) in [5.41, 5.74) is 1.08. The molecule has 6 heteroatoms. The van der Waals surface area contributed by atoms with Crippen LogP contribution in [0, 0.1) is 0 Å². The first kappa shape index (κ1) is 15.5. The first-order valence-corrected chi connectivity index (χ1v) is 7.80. The summed E-state index contributed by atoms with van der Waals surface area (Å²) in [6.45, 7) is 3.08. The molecule has 1 heterocycles. The third-order valence-electron chi connectivity index (χ3n) is 3.17. The maximum Gasteiger partial charge on any atom is 0.138 e. The summed E-state index contributed by atoms with van der Waals surface area (Å²) in [6.07, 6.45) is 3.41. The molecule has 1 atom stereocenters. The average Bonchev–Trinajstić information content (AvgIpc) is 2.83. The maximum absolute atomic E-state index is 6.35. The van der Waals surface area contributed by atoms with Gasteiger partial charge in [-0.15, -0.1) is 0 Å². The van der Waals surface area contributed by atoms with Crippen molar-refractivity contribution in [2.24, 2.45) is 7.05 Å². The van der Waals surface area contributed by atoms with E-state index in [0.717, 1.165) is 40.3 Å². The molecule has 1 aromatic carbocycles. The van der Waals surface area contributed by atoms with Gasteiger partial charge in [-0.05, 0) is 36.7 Å². The minimum Gasteiger partial charge on any atom is -0.310 e. The Morgan fingerprint density at radius 1 is 1.45 bits per heavy atom. The standard InChI is InChI=1S/C14H18BrClN4/c1-3-6-17-13(8-14-18-9-19-20(14)2)11-7-10(15)4-5-12(11)16/h4-5,7,9,13,17H,3,6,8H2,1-2H3. The zero-order chi connectivity index (χ0) is 14.5. The van der Waals surface area contributed by atoms with Gasteiger partial charge in [0.15, 0.2) is 0 Å². The lowest BCUT2D eigenvalue weighted by Crippen LogP contribution is -2.25. The van der Waals surface area contributed by atoms with Crippen LogP contribution < -0.4 is 5.32 Å². The summed E-state index contributed by atoms with van der Waals surface area (Å²) in [7, 11) is 1.90. The molecule has 1 aromatic heterocycles. The zero-order valence-corrected chi connectivity index (χ0v) is 13.9. The molecule has 1 unspecified atom stereocenters. The summed E-state index contributed by atoms with van der Waals surface area (Å²) < 4.78 is 2.82. The molecule has 1 N–H and O–H groups in total. The fraction of sp³-hybridized carbons (Fsp3) is 0.429. The van der Waals surface area contributed by atoms with E-state index in [0.29, 0.717) is 0 Å². The van der Waals surface area contributed by atoms with E-state index >= 15 is 0 Å². The Hall–Kier alpha value is -0.910. The summed E-state index contributed by atoms with van der Waals surface area (Å²) in [5.74, 6) is 0.939. The molecular formula is C14H18BrClN4. The number of nitrogens with one attached hydrogen (secondary N) is 1. The van der Waals surface area contributed by atoms with Crippen molar-refractivity contribution in [1.82, 2.24) is 20.1 Å². The number of aryl methyl sites for hydroxylation is 1. The van der Waals surface area contributed by atoms with Gasteiger partial charge >= 0.3 is 0 Å². The second kappa shape index (κ2) is 7.20. The Kier molecular flexibility index (Phi) is 5.57. The molecule has 108 valence electrons. The Morgan fingerprint density at radius 2 is 2.25 bits per heavy atom. The first-order chi connectivity index (χ1) is 9.61. The third-order valence-corrected chi connectivity index (χ3v) is 4.00. The van der Waals surface area contributed by atoms with Gasteiger partial charge in [0.05, 0.1) is 0 Å². The van der Waals surface area contributed by atoms with Gasteiger partial charge in [0.25, 0.3) is 0 Å². The number of hydrogen-bond donors (Lipinski definition) is 1. The van der Waals surface area contributed by atoms with Crippen LogP contribution in [0.15, 0.2) is 29.0 Å². The van der Waals surface area contributed by atoms with Gasteiger partial charge in [-0.3, -0.25) is 4.68 Å². The number of halogens is 2. The molecule has 0 aliphatic carbocycles. The van der Waals surface area contributed by atoms with E-state index < -0.39 is 0 Å². The lowest BCUT2D eigenvalue weighted by molar-refractivity contribution is 0.506. The molecule has 2 rings (SSSR count). The molecule has 0 bridgehead atoms. The summed E-state index contributed by atoms with van der Waals surface area (Å²) in [4.78, 5) is 4.30. The third kappa shape index (κ3) is 3.81. The van der Waals surface area contributed by atoms with Gasteiger partial charge < -0.3 is 5.32 Å². The van der Waals surface area contributed by atoms with Crippen LogP contribution in [0.4, 0.5) is 0 Å². The predicted octanol–water partition coefficient (Wildman–Crippen LogP) is 3.51. The van der Waals surface area contributed by atoms with Crippen molar-refractivity contribution in [1.29, 1.82) is 0 Å². The van der Waals surface area contributed by atoms with E-state index in [-0.39, 0.29) is 6.04 Å². The van der Waals surface area contributed by atoms with E-state index in [1.165, 1.54) is 0 Å². The maximum atomic E-state index is 6.35. The molecule has 0 saturated carbocycles. The highest BCUT2D eigenvalue weighted by Gasteiger charge is 2.17. The van der Waals surface area contributed by atoms with E-state index in [1.807, 2.05) is 19.2 Å². The second-order valence-corrected chi connectivity index (χ2v) is 6.00. The van der Waals surface area contributed by atoms with Crippen molar-refractivity contribution in [3.8, 4) is 0 Å². The Bertz CT molecular complexity index is 570. The van der Waals surface area contributed by atoms with Gasteiger partial charge in [0, 0.05) is 29.0 Å². The van der Waals surface area contributed by atoms with Crippen LogP contribution in [-0.2, 0) is 13.5 Å². The quantitative estimate of drug-likeness (QED) is 0.860. The Morgan fingerprint density at radius 3 is 2.90 bits per heavy atom. The minimum atomic E-state index is 0.128. The first-order valence-electron chi connectivity index (χ1n) is 6.63. The van der Waals surface area contributed by atoms with Gasteiger partial charge in [-0.2, -0.15) is 5.10 Å². The molecule has 0 aliphatic rings. The zero-order valence-electron chi connectivity index (χ0n) is 11.6. The van der Waals surface area contributed by atoms with Gasteiger partial charge in [-0.25, -0.2) is 4.98 Å². The highest BCUT2D eigenvalue weighted by atomic mass is 79.9. The van der Waals surface area contributed by atoms with Crippen molar-refractivity contribution in [3.63, 3.8) is 0 Å². The highest BCUT2D eigenvalue weighted by molar-refractivity contribution is 9.10. The van der Waals surface area contributed by atoms with E-state index in [4.69, 9.17) is 11.6 Å². The molecule has 0 fully saturated rings. The van der Waals surface area contributed by atoms with Crippen molar-refractivity contribution >= 4 is 27.5 Å². The normalized spacial score (nSPS) is 12.6. The van der Waals surface area contributed by atoms with Crippen LogP contribution >= 0.6 is 27.5 Å². The van der Waals surface area contributed by atoms with Crippen molar-refractivity contribution < 1.29 is 0 Å². The summed E-state index contributed by atoms with van der Waals surface area (Å²) in [6, 6.07) is 6.05. The minimum absolute atomic E-state index is 0.128. The fourth-order valence-electron chi connectivity index (χ4n) is 2.08. The van der Waals surface area contributed by atoms with Crippen LogP contribution in [0.3, 0.4) is 0 Å². The molecule has 4 nitrogen and oxygen atoms in total. The summed E-state index contributed by atoms with van der Waals surface area (Å²) >= 11 is 9.85. The number of aromatic nitrogens is 3. The molecule has 2 aromatic rings. The predicted molar refractivity (Wildman–Crippen MR) is 84.9 cm³/mol. The molecule has 0 aliphatic heterocycles. The van der Waals surface area contributed by atoms with E-state index in [9.17, 15) is 0 Å². The topological polar surface area (TPSA) is 42.7 Å². The number of benzene rings is 1. The largest absolute Gasteiger partial charge is 0.310 e. The number of nitrogens with zero attached hydrogens (tertiary/aromatic N) is 3. The molecule has 20 heavy (non-hydrogen) atoms. The molecular weight excluding hydrogens is 340 g/mol. The SMILES string of the molecule is CCCNC(Cc1ncnn1C)c1cc(Br)ccc1Cl. The highest BCUT2D eigenvalue weighted by Crippen LogP contribution is 2.28. The number of hydrogen-bond acceptors (Lipinski definition) is 3. The molecule has 0 saturated heterocycles. The van der Waals surface area contributed by atoms with Crippen molar-refractivity contribution in [2.45, 2.75) is 25.8 Å². The van der Waals surface area contributed by atoms with Gasteiger partial charge in [0.2, 0.25) is 0 Å². The van der Waals surface area contributed by atoms with Crippen LogP contribution in [0.5, 0.6) is 0 Å². The van der Waals surface area contributed by atoms with Crippen LogP contribution in [-0.4, -0.2) is 21.3 Å². The van der Waals surface area contributed by atoms with Gasteiger partial charge in [-0.1, -0.05) is 34.5 Å². The molecule has 0 spiro atoms. The summed E-state index contributed by atoms with van der Waals surface area (Å²) in [5, 5.41) is 8.42. The smallest absolute Gasteiger partial charge is 0.138 e. The van der Waals surface area contributed by atoms with Crippen molar-refractivity contribution in [2.75, 3.05) is 6.54 Å². The lowest BCUT2D eigenvalue weighted by atomic mass is 10.0. The van der Waals surface area contributed by atoms with Gasteiger partial charge in [0.1, 0.15) is 12.2 Å². The molecule has 0 radical (unpaired) electrons. The van der Waals surface area contributed by atoms with E-state index in [2.05, 4.69) is 44.3 Å².